The summed E-state index contributed by atoms with van der Waals surface area (Å²) in [5.41, 5.74) is 1.59. The molecule has 1 heterocycles. The Hall–Kier alpha value is -2.65. The predicted octanol–water partition coefficient (Wildman–Crippen LogP) is 2.35. The van der Waals surface area contributed by atoms with E-state index < -0.39 is 46.4 Å². The third-order valence-electron chi connectivity index (χ3n) is 4.49. The lowest BCUT2D eigenvalue weighted by molar-refractivity contribution is -0.119. The first-order valence-corrected chi connectivity index (χ1v) is 10.1. The van der Waals surface area contributed by atoms with Gasteiger partial charge in [-0.15, -0.1) is 0 Å². The number of halogens is 2. The maximum atomic E-state index is 13.6. The molecule has 1 aliphatic rings. The Kier molecular flexibility index (Phi) is 5.85. The number of amides is 1. The zero-order valence-electron chi connectivity index (χ0n) is 14.8. The van der Waals surface area contributed by atoms with Gasteiger partial charge in [0.05, 0.1) is 5.56 Å². The molecule has 28 heavy (non-hydrogen) atoms. The number of hydrogen-bond donors (Lipinski definition) is 1. The Labute approximate surface area is 161 Å². The topological polar surface area (TPSA) is 83.5 Å². The van der Waals surface area contributed by atoms with Gasteiger partial charge in [-0.2, -0.15) is 12.7 Å². The van der Waals surface area contributed by atoms with Crippen molar-refractivity contribution in [3.05, 3.63) is 70.8 Å². The molecule has 148 valence electrons. The van der Waals surface area contributed by atoms with Crippen LogP contribution in [0.3, 0.4) is 0 Å². The molecule has 0 atom stereocenters. The minimum Gasteiger partial charge on any atom is -0.294 e. The van der Waals surface area contributed by atoms with Gasteiger partial charge in [-0.3, -0.25) is 9.59 Å². The van der Waals surface area contributed by atoms with Gasteiger partial charge >= 0.3 is 10.2 Å². The van der Waals surface area contributed by atoms with E-state index in [1.54, 1.807) is 0 Å². The molecular weight excluding hydrogens is 390 g/mol. The Balaban J connectivity index is 1.57. The largest absolute Gasteiger partial charge is 0.304 e. The molecule has 1 N–H and O–H groups in total. The van der Waals surface area contributed by atoms with E-state index in [1.165, 1.54) is 0 Å². The molecule has 6 nitrogen and oxygen atoms in total. The second kappa shape index (κ2) is 8.15. The summed E-state index contributed by atoms with van der Waals surface area (Å²) in [4.78, 5) is 24.0. The zero-order valence-corrected chi connectivity index (χ0v) is 15.6. The van der Waals surface area contributed by atoms with E-state index in [2.05, 4.69) is 0 Å². The maximum Gasteiger partial charge on any atom is 0.304 e. The highest BCUT2D eigenvalue weighted by atomic mass is 32.2. The second-order valence-corrected chi connectivity index (χ2v) is 8.10. The van der Waals surface area contributed by atoms with Gasteiger partial charge in [-0.05, 0) is 29.7 Å². The van der Waals surface area contributed by atoms with Gasteiger partial charge in [0.25, 0.3) is 0 Å². The van der Waals surface area contributed by atoms with Crippen molar-refractivity contribution in [3.8, 4) is 0 Å². The van der Waals surface area contributed by atoms with Crippen LogP contribution in [0, 0.1) is 11.6 Å². The molecule has 0 saturated carbocycles. The van der Waals surface area contributed by atoms with Crippen molar-refractivity contribution in [2.75, 3.05) is 6.54 Å². The van der Waals surface area contributed by atoms with Crippen molar-refractivity contribution in [2.45, 2.75) is 25.8 Å². The summed E-state index contributed by atoms with van der Waals surface area (Å²) in [6.45, 7) is 0.387. The SMILES string of the molecule is O=C(CCC(=O)c1ccc(F)cc1F)NS(=O)(=O)N1CCc2ccccc2C1. The fraction of sp³-hybridized carbons (Fsp3) is 0.263. The molecular formula is C19H18F2N2O4S. The van der Waals surface area contributed by atoms with Crippen LogP contribution >= 0.6 is 0 Å². The standard InChI is InChI=1S/C19H18F2N2O4S/c20-15-5-6-16(17(21)11-15)18(24)7-8-19(25)22-28(26,27)23-10-9-13-3-1-2-4-14(13)12-23/h1-6,11H,7-10,12H2,(H,22,25). The first kappa shape index (κ1) is 20.1. The fourth-order valence-corrected chi connectivity index (χ4v) is 4.17. The normalized spacial score (nSPS) is 14.4. The number of carbonyl (C=O) groups excluding carboxylic acids is 2. The van der Waals surface area contributed by atoms with E-state index in [0.29, 0.717) is 12.5 Å². The lowest BCUT2D eigenvalue weighted by Gasteiger charge is -2.27. The molecule has 0 spiro atoms. The molecule has 0 bridgehead atoms. The van der Waals surface area contributed by atoms with Crippen LogP contribution in [0.2, 0.25) is 0 Å². The van der Waals surface area contributed by atoms with Crippen LogP contribution in [0.25, 0.3) is 0 Å². The van der Waals surface area contributed by atoms with E-state index in [0.717, 1.165) is 27.6 Å². The number of nitrogens with zero attached hydrogens (tertiary/aromatic N) is 1. The minimum atomic E-state index is -4.05. The number of ketones is 1. The molecule has 1 amide bonds. The molecule has 2 aromatic carbocycles. The first-order chi connectivity index (χ1) is 13.3. The van der Waals surface area contributed by atoms with Crippen LogP contribution in [0.1, 0.15) is 34.3 Å². The van der Waals surface area contributed by atoms with E-state index in [-0.39, 0.29) is 18.7 Å². The van der Waals surface area contributed by atoms with Crippen LogP contribution in [0.4, 0.5) is 8.78 Å². The van der Waals surface area contributed by atoms with Gasteiger partial charge in [0.1, 0.15) is 11.6 Å². The lowest BCUT2D eigenvalue weighted by atomic mass is 10.0. The molecule has 1 aliphatic heterocycles. The highest BCUT2D eigenvalue weighted by Crippen LogP contribution is 2.20. The minimum absolute atomic E-state index is 0.151. The van der Waals surface area contributed by atoms with Gasteiger partial charge in [-0.1, -0.05) is 24.3 Å². The van der Waals surface area contributed by atoms with Crippen LogP contribution in [0.15, 0.2) is 42.5 Å². The van der Waals surface area contributed by atoms with E-state index >= 15 is 0 Å². The summed E-state index contributed by atoms with van der Waals surface area (Å²) in [6.07, 6.45) is -0.292. The Morgan fingerprint density at radius 3 is 2.46 bits per heavy atom. The Morgan fingerprint density at radius 1 is 1.04 bits per heavy atom. The molecule has 0 unspecified atom stereocenters. The monoisotopic (exact) mass is 408 g/mol. The van der Waals surface area contributed by atoms with Crippen molar-refractivity contribution in [1.82, 2.24) is 9.03 Å². The van der Waals surface area contributed by atoms with Gasteiger partial charge in [-0.25, -0.2) is 13.5 Å². The molecule has 0 aliphatic carbocycles. The van der Waals surface area contributed by atoms with E-state index in [1.807, 2.05) is 29.0 Å². The molecule has 0 saturated heterocycles. The van der Waals surface area contributed by atoms with Crippen molar-refractivity contribution < 1.29 is 26.8 Å². The predicted molar refractivity (Wildman–Crippen MR) is 97.5 cm³/mol. The number of carbonyl (C=O) groups is 2. The Bertz CT molecular complexity index is 1020. The lowest BCUT2D eigenvalue weighted by Crippen LogP contribution is -2.45. The fourth-order valence-electron chi connectivity index (χ4n) is 3.01. The van der Waals surface area contributed by atoms with Gasteiger partial charge in [0.15, 0.2) is 5.78 Å². The third-order valence-corrected chi connectivity index (χ3v) is 5.97. The van der Waals surface area contributed by atoms with Crippen molar-refractivity contribution >= 4 is 21.9 Å². The van der Waals surface area contributed by atoms with Crippen LogP contribution < -0.4 is 4.72 Å². The van der Waals surface area contributed by atoms with E-state index in [9.17, 15) is 26.8 Å². The second-order valence-electron chi connectivity index (χ2n) is 6.43. The average molecular weight is 408 g/mol. The summed E-state index contributed by atoms with van der Waals surface area (Å²) in [5.74, 6) is -3.42. The number of fused-ring (bicyclic) bond motifs is 1. The van der Waals surface area contributed by atoms with Crippen LogP contribution in [-0.2, 0) is 28.0 Å². The summed E-state index contributed by atoms with van der Waals surface area (Å²) in [5, 5.41) is 0. The molecule has 0 fully saturated rings. The smallest absolute Gasteiger partial charge is 0.294 e. The summed E-state index contributed by atoms with van der Waals surface area (Å²) in [7, 11) is -4.05. The summed E-state index contributed by atoms with van der Waals surface area (Å²) in [6, 6.07) is 9.96. The average Bonchev–Trinajstić information content (AvgIpc) is 2.65. The summed E-state index contributed by atoms with van der Waals surface area (Å²) >= 11 is 0. The van der Waals surface area contributed by atoms with Crippen molar-refractivity contribution in [1.29, 1.82) is 0 Å². The highest BCUT2D eigenvalue weighted by Gasteiger charge is 2.28. The molecule has 0 radical (unpaired) electrons. The first-order valence-electron chi connectivity index (χ1n) is 8.62. The van der Waals surface area contributed by atoms with Crippen molar-refractivity contribution in [3.63, 3.8) is 0 Å². The van der Waals surface area contributed by atoms with Gasteiger partial charge in [0, 0.05) is 32.0 Å². The molecule has 9 heteroatoms. The summed E-state index contributed by atoms with van der Waals surface area (Å²) < 4.78 is 54.4. The maximum absolute atomic E-state index is 13.6. The van der Waals surface area contributed by atoms with Crippen molar-refractivity contribution in [2.24, 2.45) is 0 Å². The van der Waals surface area contributed by atoms with Crippen LogP contribution in [-0.4, -0.2) is 31.0 Å². The third kappa shape index (κ3) is 4.60. The highest BCUT2D eigenvalue weighted by molar-refractivity contribution is 7.87. The molecule has 3 rings (SSSR count). The number of hydrogen-bond acceptors (Lipinski definition) is 4. The van der Waals surface area contributed by atoms with Gasteiger partial charge in [0.2, 0.25) is 5.91 Å². The Morgan fingerprint density at radius 2 is 1.75 bits per heavy atom. The molecule has 0 aromatic heterocycles. The number of rotatable bonds is 6. The van der Waals surface area contributed by atoms with Gasteiger partial charge < -0.3 is 0 Å². The zero-order chi connectivity index (χ0) is 20.3. The number of nitrogens with one attached hydrogen (secondary N) is 1. The quantitative estimate of drug-likeness (QED) is 0.744. The van der Waals surface area contributed by atoms with Crippen LogP contribution in [0.5, 0.6) is 0 Å². The van der Waals surface area contributed by atoms with E-state index in [4.69, 9.17) is 0 Å². The molecule has 2 aromatic rings. The number of Topliss-reactive ketones (excluding diaryl/α,β-unsaturated/α-hetero) is 1. The number of benzene rings is 2.